The SMILES string of the molecule is COCc1ccc(NC(=O)C(=O)N(C)CC2CCCOC2)cc1. The minimum Gasteiger partial charge on any atom is -0.381 e. The van der Waals surface area contributed by atoms with Crippen molar-refractivity contribution < 1.29 is 19.1 Å². The maximum atomic E-state index is 12.1. The highest BCUT2D eigenvalue weighted by Crippen LogP contribution is 2.15. The number of methoxy groups -OCH3 is 1. The van der Waals surface area contributed by atoms with E-state index in [9.17, 15) is 9.59 Å². The second-order valence-corrected chi connectivity index (χ2v) is 5.85. The number of anilines is 1. The van der Waals surface area contributed by atoms with E-state index in [0.717, 1.165) is 25.0 Å². The number of rotatable bonds is 5. The zero-order valence-electron chi connectivity index (χ0n) is 13.7. The molecule has 6 nitrogen and oxygen atoms in total. The highest BCUT2D eigenvalue weighted by Gasteiger charge is 2.23. The molecule has 1 aromatic rings. The molecule has 126 valence electrons. The van der Waals surface area contributed by atoms with Gasteiger partial charge in [-0.3, -0.25) is 9.59 Å². The fraction of sp³-hybridized carbons (Fsp3) is 0.529. The van der Waals surface area contributed by atoms with Crippen molar-refractivity contribution in [1.82, 2.24) is 4.90 Å². The fourth-order valence-corrected chi connectivity index (χ4v) is 2.63. The van der Waals surface area contributed by atoms with E-state index < -0.39 is 11.8 Å². The predicted octanol–water partition coefficient (Wildman–Crippen LogP) is 1.66. The first-order valence-electron chi connectivity index (χ1n) is 7.82. The maximum Gasteiger partial charge on any atom is 0.313 e. The zero-order valence-corrected chi connectivity index (χ0v) is 13.7. The van der Waals surface area contributed by atoms with Gasteiger partial charge in [-0.15, -0.1) is 0 Å². The van der Waals surface area contributed by atoms with Crippen LogP contribution in [-0.2, 0) is 25.7 Å². The topological polar surface area (TPSA) is 67.9 Å². The average molecular weight is 320 g/mol. The standard InChI is InChI=1S/C17H24N2O4/c1-19(10-14-4-3-9-23-12-14)17(21)16(20)18-15-7-5-13(6-8-15)11-22-2/h5-8,14H,3-4,9-12H2,1-2H3,(H,18,20). The normalized spacial score (nSPS) is 17.6. The highest BCUT2D eigenvalue weighted by molar-refractivity contribution is 6.39. The second kappa shape index (κ2) is 8.64. The van der Waals surface area contributed by atoms with E-state index in [-0.39, 0.29) is 0 Å². The first-order valence-corrected chi connectivity index (χ1v) is 7.82. The molecule has 0 aliphatic carbocycles. The highest BCUT2D eigenvalue weighted by atomic mass is 16.5. The van der Waals surface area contributed by atoms with Crippen LogP contribution in [0.25, 0.3) is 0 Å². The monoisotopic (exact) mass is 320 g/mol. The largest absolute Gasteiger partial charge is 0.381 e. The Hall–Kier alpha value is -1.92. The molecule has 1 N–H and O–H groups in total. The lowest BCUT2D eigenvalue weighted by Crippen LogP contribution is -2.41. The van der Waals surface area contributed by atoms with Gasteiger partial charge in [0.15, 0.2) is 0 Å². The van der Waals surface area contributed by atoms with Crippen molar-refractivity contribution >= 4 is 17.5 Å². The van der Waals surface area contributed by atoms with Gasteiger partial charge in [-0.25, -0.2) is 0 Å². The molecule has 1 fully saturated rings. The van der Waals surface area contributed by atoms with Crippen molar-refractivity contribution in [2.75, 3.05) is 39.2 Å². The summed E-state index contributed by atoms with van der Waals surface area (Å²) in [6, 6.07) is 7.22. The molecule has 6 heteroatoms. The van der Waals surface area contributed by atoms with Gasteiger partial charge in [0.05, 0.1) is 13.2 Å². The van der Waals surface area contributed by atoms with E-state index in [1.807, 2.05) is 12.1 Å². The summed E-state index contributed by atoms with van der Waals surface area (Å²) in [6.45, 7) is 2.49. The van der Waals surface area contributed by atoms with Crippen LogP contribution in [0.15, 0.2) is 24.3 Å². The molecule has 2 rings (SSSR count). The van der Waals surface area contributed by atoms with Crippen molar-refractivity contribution in [2.45, 2.75) is 19.4 Å². The molecular weight excluding hydrogens is 296 g/mol. The number of carbonyl (C=O) groups excluding carboxylic acids is 2. The van der Waals surface area contributed by atoms with Gasteiger partial charge in [-0.1, -0.05) is 12.1 Å². The van der Waals surface area contributed by atoms with Crippen molar-refractivity contribution in [3.63, 3.8) is 0 Å². The van der Waals surface area contributed by atoms with Crippen molar-refractivity contribution in [2.24, 2.45) is 5.92 Å². The van der Waals surface area contributed by atoms with Gasteiger partial charge in [-0.2, -0.15) is 0 Å². The Labute approximate surface area is 136 Å². The van der Waals surface area contributed by atoms with Gasteiger partial charge in [0.1, 0.15) is 0 Å². The first kappa shape index (κ1) is 17.4. The van der Waals surface area contributed by atoms with E-state index in [1.165, 1.54) is 4.90 Å². The van der Waals surface area contributed by atoms with Crippen LogP contribution >= 0.6 is 0 Å². The van der Waals surface area contributed by atoms with Crippen molar-refractivity contribution in [3.8, 4) is 0 Å². The van der Waals surface area contributed by atoms with E-state index in [4.69, 9.17) is 9.47 Å². The number of carbonyl (C=O) groups is 2. The van der Waals surface area contributed by atoms with Crippen molar-refractivity contribution in [3.05, 3.63) is 29.8 Å². The van der Waals surface area contributed by atoms with Gasteiger partial charge in [0.25, 0.3) is 0 Å². The molecule has 1 saturated heterocycles. The van der Waals surface area contributed by atoms with Gasteiger partial charge in [0.2, 0.25) is 0 Å². The number of nitrogens with one attached hydrogen (secondary N) is 1. The van der Waals surface area contributed by atoms with Crippen LogP contribution < -0.4 is 5.32 Å². The molecule has 1 unspecified atom stereocenters. The minimum atomic E-state index is -0.622. The van der Waals surface area contributed by atoms with Crippen LogP contribution in [0.2, 0.25) is 0 Å². The molecule has 0 radical (unpaired) electrons. The number of hydrogen-bond donors (Lipinski definition) is 1. The number of hydrogen-bond acceptors (Lipinski definition) is 4. The summed E-state index contributed by atoms with van der Waals surface area (Å²) in [5.74, 6) is -0.848. The minimum absolute atomic E-state index is 0.304. The second-order valence-electron chi connectivity index (χ2n) is 5.85. The van der Waals surface area contributed by atoms with E-state index in [1.54, 1.807) is 26.3 Å². The Morgan fingerprint density at radius 2 is 2.09 bits per heavy atom. The van der Waals surface area contributed by atoms with Gasteiger partial charge < -0.3 is 19.7 Å². The van der Waals surface area contributed by atoms with Gasteiger partial charge >= 0.3 is 11.8 Å². The summed E-state index contributed by atoms with van der Waals surface area (Å²) >= 11 is 0. The third kappa shape index (κ3) is 5.33. The van der Waals surface area contributed by atoms with Crippen LogP contribution in [0.1, 0.15) is 18.4 Å². The van der Waals surface area contributed by atoms with E-state index in [0.29, 0.717) is 31.4 Å². The van der Waals surface area contributed by atoms with E-state index >= 15 is 0 Å². The Morgan fingerprint density at radius 1 is 1.35 bits per heavy atom. The summed E-state index contributed by atoms with van der Waals surface area (Å²) < 4.78 is 10.4. The molecule has 1 aliphatic rings. The molecular formula is C17H24N2O4. The third-order valence-electron chi connectivity index (χ3n) is 3.85. The summed E-state index contributed by atoms with van der Waals surface area (Å²) in [5.41, 5.74) is 1.60. The number of likely N-dealkylation sites (N-methyl/N-ethyl adjacent to an activating group) is 1. The summed E-state index contributed by atoms with van der Waals surface area (Å²) in [4.78, 5) is 25.7. The number of ether oxygens (including phenoxy) is 2. The Morgan fingerprint density at radius 3 is 2.70 bits per heavy atom. The first-order chi connectivity index (χ1) is 11.1. The van der Waals surface area contributed by atoms with Gasteiger partial charge in [-0.05, 0) is 36.5 Å². The van der Waals surface area contributed by atoms with Gasteiger partial charge in [0, 0.05) is 33.0 Å². The molecule has 2 amide bonds. The molecule has 23 heavy (non-hydrogen) atoms. The number of nitrogens with zero attached hydrogens (tertiary/aromatic N) is 1. The molecule has 1 aliphatic heterocycles. The van der Waals surface area contributed by atoms with Crippen LogP contribution in [0.3, 0.4) is 0 Å². The molecule has 1 atom stereocenters. The fourth-order valence-electron chi connectivity index (χ4n) is 2.63. The Balaban J connectivity index is 1.84. The van der Waals surface area contributed by atoms with Crippen LogP contribution in [0.5, 0.6) is 0 Å². The Bertz CT molecular complexity index is 524. The van der Waals surface area contributed by atoms with Crippen LogP contribution in [-0.4, -0.2) is 50.6 Å². The smallest absolute Gasteiger partial charge is 0.313 e. The lowest BCUT2D eigenvalue weighted by Gasteiger charge is -2.26. The van der Waals surface area contributed by atoms with Crippen LogP contribution in [0, 0.1) is 5.92 Å². The lowest BCUT2D eigenvalue weighted by molar-refractivity contribution is -0.143. The molecule has 0 saturated carbocycles. The summed E-state index contributed by atoms with van der Waals surface area (Å²) in [5, 5.41) is 2.63. The summed E-state index contributed by atoms with van der Waals surface area (Å²) in [7, 11) is 3.28. The van der Waals surface area contributed by atoms with Crippen molar-refractivity contribution in [1.29, 1.82) is 0 Å². The molecule has 1 aromatic carbocycles. The predicted molar refractivity (Wildman–Crippen MR) is 87.0 cm³/mol. The molecule has 1 heterocycles. The third-order valence-corrected chi connectivity index (χ3v) is 3.85. The number of amides is 2. The average Bonchev–Trinajstić information content (AvgIpc) is 2.57. The Kier molecular flexibility index (Phi) is 6.55. The molecule has 0 aromatic heterocycles. The maximum absolute atomic E-state index is 12.1. The number of benzene rings is 1. The molecule has 0 spiro atoms. The summed E-state index contributed by atoms with van der Waals surface area (Å²) in [6.07, 6.45) is 2.03. The lowest BCUT2D eigenvalue weighted by atomic mass is 10.0. The van der Waals surface area contributed by atoms with E-state index in [2.05, 4.69) is 5.32 Å². The quantitative estimate of drug-likeness (QED) is 0.838. The van der Waals surface area contributed by atoms with Crippen LogP contribution in [0.4, 0.5) is 5.69 Å². The molecule has 0 bridgehead atoms. The zero-order chi connectivity index (χ0) is 16.7.